The number of benzene rings is 2. The lowest BCUT2D eigenvalue weighted by Crippen LogP contribution is -2.40. The van der Waals surface area contributed by atoms with Gasteiger partial charge in [-0.05, 0) is 50.7 Å². The van der Waals surface area contributed by atoms with E-state index in [0.717, 1.165) is 29.1 Å². The van der Waals surface area contributed by atoms with Crippen LogP contribution in [-0.2, 0) is 16.1 Å². The first-order valence-electron chi connectivity index (χ1n) is 10.4. The van der Waals surface area contributed by atoms with E-state index >= 15 is 0 Å². The number of rotatable bonds is 9. The van der Waals surface area contributed by atoms with Crippen molar-refractivity contribution in [3.63, 3.8) is 0 Å². The van der Waals surface area contributed by atoms with Gasteiger partial charge in [-0.3, -0.25) is 9.59 Å². The third-order valence-corrected chi connectivity index (χ3v) is 5.22. The van der Waals surface area contributed by atoms with Crippen LogP contribution in [0.15, 0.2) is 48.5 Å². The van der Waals surface area contributed by atoms with Crippen molar-refractivity contribution in [2.45, 2.75) is 26.3 Å². The van der Waals surface area contributed by atoms with Crippen molar-refractivity contribution in [1.29, 1.82) is 0 Å². The number of carbonyl (C=O) groups excluding carboxylic acids is 2. The number of amides is 2. The lowest BCUT2D eigenvalue weighted by molar-refractivity contribution is -0.132. The van der Waals surface area contributed by atoms with Gasteiger partial charge in [0, 0.05) is 32.6 Å². The van der Waals surface area contributed by atoms with Crippen LogP contribution in [-0.4, -0.2) is 62.0 Å². The quantitative estimate of drug-likeness (QED) is 0.639. The van der Waals surface area contributed by atoms with E-state index in [4.69, 9.17) is 4.74 Å². The highest BCUT2D eigenvalue weighted by Gasteiger charge is 2.25. The monoisotopic (exact) mass is 409 g/mol. The Kier molecular flexibility index (Phi) is 7.46. The van der Waals surface area contributed by atoms with Gasteiger partial charge in [0.05, 0.1) is 5.69 Å². The summed E-state index contributed by atoms with van der Waals surface area (Å²) >= 11 is 0. The largest absolute Gasteiger partial charge is 0.482 e. The van der Waals surface area contributed by atoms with Crippen LogP contribution in [0, 0.1) is 6.92 Å². The molecule has 1 aliphatic rings. The predicted molar refractivity (Wildman–Crippen MR) is 119 cm³/mol. The summed E-state index contributed by atoms with van der Waals surface area (Å²) in [5, 5.41) is 0. The molecule has 0 atom stereocenters. The lowest BCUT2D eigenvalue weighted by atomic mass is 10.1. The molecule has 0 bridgehead atoms. The van der Waals surface area contributed by atoms with Crippen LogP contribution in [0.2, 0.25) is 0 Å². The summed E-state index contributed by atoms with van der Waals surface area (Å²) in [6.45, 7) is 4.65. The first-order chi connectivity index (χ1) is 14.4. The van der Waals surface area contributed by atoms with Crippen LogP contribution >= 0.6 is 0 Å². The molecule has 0 unspecified atom stereocenters. The third-order valence-electron chi connectivity index (χ3n) is 5.22. The van der Waals surface area contributed by atoms with Gasteiger partial charge < -0.3 is 19.4 Å². The summed E-state index contributed by atoms with van der Waals surface area (Å²) in [5.41, 5.74) is 3.00. The highest BCUT2D eigenvalue weighted by atomic mass is 16.5. The van der Waals surface area contributed by atoms with Crippen molar-refractivity contribution in [3.05, 3.63) is 59.7 Å². The second-order valence-electron chi connectivity index (χ2n) is 8.01. The van der Waals surface area contributed by atoms with Gasteiger partial charge in [-0.2, -0.15) is 0 Å². The first kappa shape index (κ1) is 21.8. The van der Waals surface area contributed by atoms with Crippen molar-refractivity contribution >= 4 is 17.5 Å². The van der Waals surface area contributed by atoms with Crippen molar-refractivity contribution in [2.75, 3.05) is 45.2 Å². The van der Waals surface area contributed by atoms with Crippen molar-refractivity contribution in [1.82, 2.24) is 9.80 Å². The van der Waals surface area contributed by atoms with Crippen LogP contribution in [0.3, 0.4) is 0 Å². The van der Waals surface area contributed by atoms with Crippen LogP contribution in [0.5, 0.6) is 5.75 Å². The van der Waals surface area contributed by atoms with Crippen molar-refractivity contribution in [2.24, 2.45) is 0 Å². The van der Waals surface area contributed by atoms with Gasteiger partial charge in [-0.1, -0.05) is 36.4 Å². The molecule has 2 amide bonds. The second kappa shape index (κ2) is 10.3. The van der Waals surface area contributed by atoms with Gasteiger partial charge in [0.1, 0.15) is 5.75 Å². The Bertz CT molecular complexity index is 867. The Morgan fingerprint density at radius 3 is 2.60 bits per heavy atom. The minimum absolute atomic E-state index is 0.0486. The highest BCUT2D eigenvalue weighted by Crippen LogP contribution is 2.33. The molecule has 2 aromatic carbocycles. The number of fused-ring (bicyclic) bond motifs is 1. The smallest absolute Gasteiger partial charge is 0.265 e. The number of aryl methyl sites for hydroxylation is 1. The SMILES string of the molecule is Cc1ccc2c(c1)N(CCCC(=O)N(CCN(C)C)Cc1ccccc1)C(=O)CO2. The third kappa shape index (κ3) is 5.83. The molecule has 30 heavy (non-hydrogen) atoms. The zero-order valence-electron chi connectivity index (χ0n) is 18.1. The van der Waals surface area contributed by atoms with E-state index < -0.39 is 0 Å². The summed E-state index contributed by atoms with van der Waals surface area (Å²) in [4.78, 5) is 31.1. The molecule has 0 N–H and O–H groups in total. The Hall–Kier alpha value is -2.86. The molecular weight excluding hydrogens is 378 g/mol. The van der Waals surface area contributed by atoms with E-state index in [2.05, 4.69) is 4.90 Å². The molecule has 0 radical (unpaired) electrons. The predicted octanol–water partition coefficient (Wildman–Crippen LogP) is 3.09. The number of anilines is 1. The number of likely N-dealkylation sites (N-methyl/N-ethyl adjacent to an activating group) is 1. The molecule has 3 rings (SSSR count). The fourth-order valence-corrected chi connectivity index (χ4v) is 3.52. The van der Waals surface area contributed by atoms with Crippen molar-refractivity contribution in [3.8, 4) is 5.75 Å². The summed E-state index contributed by atoms with van der Waals surface area (Å²) < 4.78 is 5.54. The topological polar surface area (TPSA) is 53.1 Å². The molecule has 0 saturated heterocycles. The van der Waals surface area contributed by atoms with Gasteiger partial charge >= 0.3 is 0 Å². The Morgan fingerprint density at radius 1 is 1.10 bits per heavy atom. The molecule has 2 aromatic rings. The molecule has 1 heterocycles. The van der Waals surface area contributed by atoms with Gasteiger partial charge in [0.25, 0.3) is 5.91 Å². The molecule has 0 aliphatic carbocycles. The molecule has 0 fully saturated rings. The lowest BCUT2D eigenvalue weighted by Gasteiger charge is -2.30. The van der Waals surface area contributed by atoms with Crippen LogP contribution in [0.25, 0.3) is 0 Å². The standard InChI is InChI=1S/C24H31N3O3/c1-19-11-12-22-21(16-19)27(24(29)18-30-22)13-7-10-23(28)26(15-14-25(2)3)17-20-8-5-4-6-9-20/h4-6,8-9,11-12,16H,7,10,13-15,17-18H2,1-3H3. The number of carbonyl (C=O) groups is 2. The van der Waals surface area contributed by atoms with Gasteiger partial charge in [0.2, 0.25) is 5.91 Å². The zero-order valence-corrected chi connectivity index (χ0v) is 18.1. The summed E-state index contributed by atoms with van der Waals surface area (Å²) in [6, 6.07) is 15.9. The number of nitrogens with zero attached hydrogens (tertiary/aromatic N) is 3. The van der Waals surface area contributed by atoms with Crippen molar-refractivity contribution < 1.29 is 14.3 Å². The maximum atomic E-state index is 13.0. The molecule has 0 spiro atoms. The second-order valence-corrected chi connectivity index (χ2v) is 8.01. The molecule has 1 aliphatic heterocycles. The zero-order chi connectivity index (χ0) is 21.5. The first-order valence-corrected chi connectivity index (χ1v) is 10.4. The minimum atomic E-state index is -0.0608. The van der Waals surface area contributed by atoms with E-state index in [9.17, 15) is 9.59 Å². The Labute approximate surface area is 179 Å². The number of hydrogen-bond donors (Lipinski definition) is 0. The average Bonchev–Trinajstić information content (AvgIpc) is 2.73. The maximum Gasteiger partial charge on any atom is 0.265 e. The van der Waals surface area contributed by atoms with E-state index in [1.165, 1.54) is 0 Å². The van der Waals surface area contributed by atoms with Gasteiger partial charge in [-0.15, -0.1) is 0 Å². The Balaban J connectivity index is 1.61. The minimum Gasteiger partial charge on any atom is -0.482 e. The molecule has 160 valence electrons. The van der Waals surface area contributed by atoms with Crippen LogP contribution < -0.4 is 9.64 Å². The van der Waals surface area contributed by atoms with E-state index in [1.807, 2.05) is 74.4 Å². The number of ether oxygens (including phenoxy) is 1. The molecule has 6 heteroatoms. The summed E-state index contributed by atoms with van der Waals surface area (Å²) in [7, 11) is 4.02. The number of hydrogen-bond acceptors (Lipinski definition) is 4. The fraction of sp³-hybridized carbons (Fsp3) is 0.417. The Morgan fingerprint density at radius 2 is 1.87 bits per heavy atom. The molecule has 0 saturated carbocycles. The van der Waals surface area contributed by atoms with E-state index in [0.29, 0.717) is 32.5 Å². The maximum absolute atomic E-state index is 13.0. The highest BCUT2D eigenvalue weighted by molar-refractivity contribution is 5.98. The van der Waals surface area contributed by atoms with Crippen LogP contribution in [0.1, 0.15) is 24.0 Å². The van der Waals surface area contributed by atoms with Crippen LogP contribution in [0.4, 0.5) is 5.69 Å². The summed E-state index contributed by atoms with van der Waals surface area (Å²) in [5.74, 6) is 0.781. The average molecular weight is 410 g/mol. The van der Waals surface area contributed by atoms with Gasteiger partial charge in [0.15, 0.2) is 6.61 Å². The molecule has 0 aromatic heterocycles. The van der Waals surface area contributed by atoms with E-state index in [-0.39, 0.29) is 18.4 Å². The fourth-order valence-electron chi connectivity index (χ4n) is 3.52. The normalized spacial score (nSPS) is 13.2. The van der Waals surface area contributed by atoms with E-state index in [1.54, 1.807) is 4.90 Å². The molecular formula is C24H31N3O3. The summed E-state index contributed by atoms with van der Waals surface area (Å²) in [6.07, 6.45) is 1.03. The van der Waals surface area contributed by atoms with Gasteiger partial charge in [-0.25, -0.2) is 0 Å². The molecule has 6 nitrogen and oxygen atoms in total.